The monoisotopic (exact) mass is 735 g/mol. The predicted molar refractivity (Wildman–Crippen MR) is 230 cm³/mol. The van der Waals surface area contributed by atoms with Crippen LogP contribution in [-0.2, 0) is 5.41 Å². The Morgan fingerprint density at radius 2 is 1.39 bits per heavy atom. The van der Waals surface area contributed by atoms with Crippen LogP contribution in [0.3, 0.4) is 0 Å². The lowest BCUT2D eigenvalue weighted by Gasteiger charge is -2.41. The molecule has 264 valence electrons. The topological polar surface area (TPSA) is 42.5 Å². The van der Waals surface area contributed by atoms with Gasteiger partial charge in [0.1, 0.15) is 17.3 Å². The molecule has 2 aromatic heterocycles. The first-order valence-electron chi connectivity index (χ1n) is 19.4. The van der Waals surface area contributed by atoms with Crippen LogP contribution in [0.5, 0.6) is 0 Å². The molecule has 0 saturated heterocycles. The molecule has 4 aliphatic rings. The second-order valence-corrected chi connectivity index (χ2v) is 16.5. The summed E-state index contributed by atoms with van der Waals surface area (Å²) in [5.41, 5.74) is 14.6. The van der Waals surface area contributed by atoms with Crippen LogP contribution in [0.15, 0.2) is 195 Å². The summed E-state index contributed by atoms with van der Waals surface area (Å²) in [6.07, 6.45) is 7.72. The maximum absolute atomic E-state index is 6.69. The Morgan fingerprint density at radius 1 is 0.661 bits per heavy atom. The van der Waals surface area contributed by atoms with E-state index in [-0.39, 0.29) is 12.1 Å². The molecule has 5 heteroatoms. The Kier molecular flexibility index (Phi) is 6.17. The summed E-state index contributed by atoms with van der Waals surface area (Å²) in [6.45, 7) is 0. The molecule has 2 aliphatic carbocycles. The van der Waals surface area contributed by atoms with Gasteiger partial charge in [-0.1, -0.05) is 127 Å². The van der Waals surface area contributed by atoms with Gasteiger partial charge in [-0.3, -0.25) is 0 Å². The van der Waals surface area contributed by atoms with Crippen molar-refractivity contribution in [2.75, 3.05) is 5.32 Å². The summed E-state index contributed by atoms with van der Waals surface area (Å²) in [4.78, 5) is 8.17. The lowest BCUT2D eigenvalue weighted by molar-refractivity contribution is 0.664. The summed E-state index contributed by atoms with van der Waals surface area (Å²) in [5, 5.41) is 8.73. The van der Waals surface area contributed by atoms with Crippen LogP contribution in [0.25, 0.3) is 43.7 Å². The lowest BCUT2D eigenvalue weighted by atomic mass is 9.66. The number of nitrogens with one attached hydrogen (secondary N) is 1. The van der Waals surface area contributed by atoms with Gasteiger partial charge in [-0.15, -0.1) is 0 Å². The smallest absolute Gasteiger partial charge is 0.148 e. The van der Waals surface area contributed by atoms with Gasteiger partial charge in [0.2, 0.25) is 0 Å². The van der Waals surface area contributed by atoms with Crippen molar-refractivity contribution in [3.63, 3.8) is 0 Å². The number of nitrogens with zero attached hydrogens (tertiary/aromatic N) is 2. The van der Waals surface area contributed by atoms with Crippen molar-refractivity contribution >= 4 is 72.6 Å². The van der Waals surface area contributed by atoms with Gasteiger partial charge in [0.05, 0.1) is 33.5 Å². The van der Waals surface area contributed by atoms with Gasteiger partial charge in [-0.25, -0.2) is 4.99 Å². The highest BCUT2D eigenvalue weighted by Crippen LogP contribution is 2.65. The Hall–Kier alpha value is -6.56. The molecule has 13 rings (SSSR count). The molecule has 4 nitrogen and oxygen atoms in total. The van der Waals surface area contributed by atoms with Crippen LogP contribution in [0, 0.1) is 0 Å². The fourth-order valence-electron chi connectivity index (χ4n) is 10.5. The average Bonchev–Trinajstić information content (AvgIpc) is 3.89. The van der Waals surface area contributed by atoms with Gasteiger partial charge < -0.3 is 14.3 Å². The number of fused-ring (bicyclic) bond motifs is 16. The van der Waals surface area contributed by atoms with E-state index >= 15 is 0 Å². The maximum Gasteiger partial charge on any atom is 0.148 e. The van der Waals surface area contributed by atoms with E-state index in [9.17, 15) is 0 Å². The minimum atomic E-state index is -0.415. The number of benzene rings is 7. The Morgan fingerprint density at radius 3 is 2.27 bits per heavy atom. The van der Waals surface area contributed by atoms with E-state index < -0.39 is 5.41 Å². The van der Waals surface area contributed by atoms with Gasteiger partial charge in [0, 0.05) is 42.8 Å². The third-order valence-corrected chi connectivity index (χ3v) is 13.8. The predicted octanol–water partition coefficient (Wildman–Crippen LogP) is 13.2. The average molecular weight is 736 g/mol. The number of aromatic nitrogens is 1. The summed E-state index contributed by atoms with van der Waals surface area (Å²) < 4.78 is 9.20. The molecule has 2 atom stereocenters. The van der Waals surface area contributed by atoms with E-state index in [1.807, 2.05) is 17.8 Å². The number of anilines is 1. The zero-order chi connectivity index (χ0) is 36.5. The van der Waals surface area contributed by atoms with Crippen molar-refractivity contribution in [1.29, 1.82) is 0 Å². The summed E-state index contributed by atoms with van der Waals surface area (Å²) in [6, 6.07) is 55.4. The molecule has 0 bridgehead atoms. The molecular weight excluding hydrogens is 703 g/mol. The number of furan rings is 1. The third-order valence-electron chi connectivity index (χ3n) is 12.7. The van der Waals surface area contributed by atoms with E-state index in [0.29, 0.717) is 0 Å². The third kappa shape index (κ3) is 3.93. The highest BCUT2D eigenvalue weighted by Gasteiger charge is 2.54. The standard InChI is InChI=1S/C51H33N3OS/c1-4-19-37-30(14-1)35-28-36-31-15-2-9-24-43(31)54(44(36)29-40(35)51(37)38-20-5-11-26-46(38)56-47-27-12-6-21-39(47)51)50-48(52-41-22-7-8-23-42(41)53-50)34-18-13-17-33-32-16-3-10-25-45(32)55-49(33)34/h1-13,15-30,50,53H,14H2. The lowest BCUT2D eigenvalue weighted by Crippen LogP contribution is -2.33. The molecule has 56 heavy (non-hydrogen) atoms. The molecular formula is C51H33N3OS. The molecule has 1 N–H and O–H groups in total. The largest absolute Gasteiger partial charge is 0.455 e. The van der Waals surface area contributed by atoms with Crippen molar-refractivity contribution in [2.24, 2.45) is 4.99 Å². The van der Waals surface area contributed by atoms with Crippen molar-refractivity contribution in [2.45, 2.75) is 33.7 Å². The van der Waals surface area contributed by atoms with Gasteiger partial charge in [0.25, 0.3) is 0 Å². The van der Waals surface area contributed by atoms with E-state index in [0.717, 1.165) is 51.0 Å². The molecule has 0 saturated carbocycles. The highest BCUT2D eigenvalue weighted by molar-refractivity contribution is 7.99. The molecule has 4 heterocycles. The second-order valence-electron chi connectivity index (χ2n) is 15.4. The Balaban J connectivity index is 1.14. The van der Waals surface area contributed by atoms with Crippen LogP contribution in [-0.4, -0.2) is 10.3 Å². The molecule has 0 amide bonds. The van der Waals surface area contributed by atoms with Crippen molar-refractivity contribution in [3.05, 3.63) is 203 Å². The van der Waals surface area contributed by atoms with Crippen molar-refractivity contribution < 1.29 is 4.42 Å². The van der Waals surface area contributed by atoms with E-state index in [1.54, 1.807) is 0 Å². The zero-order valence-corrected chi connectivity index (χ0v) is 31.1. The van der Waals surface area contributed by atoms with Crippen LogP contribution < -0.4 is 5.32 Å². The van der Waals surface area contributed by atoms with E-state index in [2.05, 4.69) is 174 Å². The van der Waals surface area contributed by atoms with Gasteiger partial charge in [-0.2, -0.15) is 0 Å². The second kappa shape index (κ2) is 11.2. The van der Waals surface area contributed by atoms with Crippen LogP contribution in [0.4, 0.5) is 11.4 Å². The number of rotatable bonds is 2. The first-order chi connectivity index (χ1) is 27.8. The molecule has 1 spiro atoms. The molecule has 2 aliphatic heterocycles. The normalized spacial score (nSPS) is 18.6. The molecule has 7 aromatic carbocycles. The molecule has 0 fully saturated rings. The SMILES string of the molecule is C1=CCC2C(=C1)C1(c3ccccc3Sc3ccccc31)c1cc3c(cc12)c1ccccc1n3C1Nc2ccccc2N=C1c1cccc2c1oc1ccccc12. The van der Waals surface area contributed by atoms with Crippen LogP contribution >= 0.6 is 11.8 Å². The number of para-hydroxylation sites is 5. The number of hydrogen-bond donors (Lipinski definition) is 1. The molecule has 9 aromatic rings. The first-order valence-corrected chi connectivity index (χ1v) is 20.2. The fraction of sp³-hybridized carbons (Fsp3) is 0.0784. The molecule has 2 unspecified atom stereocenters. The summed E-state index contributed by atoms with van der Waals surface area (Å²) in [5.74, 6) is 0.285. The van der Waals surface area contributed by atoms with Gasteiger partial charge >= 0.3 is 0 Å². The summed E-state index contributed by atoms with van der Waals surface area (Å²) in [7, 11) is 0. The first kappa shape index (κ1) is 30.7. The van der Waals surface area contributed by atoms with Crippen LogP contribution in [0.2, 0.25) is 0 Å². The van der Waals surface area contributed by atoms with Gasteiger partial charge in [0.15, 0.2) is 0 Å². The van der Waals surface area contributed by atoms with E-state index in [1.165, 1.54) is 59.4 Å². The van der Waals surface area contributed by atoms with Crippen LogP contribution in [0.1, 0.15) is 46.3 Å². The Bertz CT molecular complexity index is 3220. The maximum atomic E-state index is 6.69. The zero-order valence-electron chi connectivity index (χ0n) is 30.2. The van der Waals surface area contributed by atoms with E-state index in [4.69, 9.17) is 9.41 Å². The van der Waals surface area contributed by atoms with Crippen molar-refractivity contribution in [3.8, 4) is 0 Å². The fourth-order valence-corrected chi connectivity index (χ4v) is 11.6. The Labute approximate surface area is 327 Å². The quantitative estimate of drug-likeness (QED) is 0.192. The minimum absolute atomic E-state index is 0.285. The van der Waals surface area contributed by atoms with Crippen molar-refractivity contribution in [1.82, 2.24) is 4.57 Å². The molecule has 0 radical (unpaired) electrons. The number of aliphatic imine (C=N–C) groups is 1. The minimum Gasteiger partial charge on any atom is -0.455 e. The number of allylic oxidation sites excluding steroid dienone is 4. The van der Waals surface area contributed by atoms with Gasteiger partial charge in [-0.05, 0) is 88.8 Å². The number of hydrogen-bond acceptors (Lipinski definition) is 4. The highest BCUT2D eigenvalue weighted by atomic mass is 32.2. The summed E-state index contributed by atoms with van der Waals surface area (Å²) >= 11 is 1.90.